The van der Waals surface area contributed by atoms with Crippen molar-refractivity contribution in [3.05, 3.63) is 29.8 Å². The van der Waals surface area contributed by atoms with Crippen molar-refractivity contribution < 1.29 is 9.18 Å². The molecule has 0 spiro atoms. The minimum Gasteiger partial charge on any atom is -0.350 e. The van der Waals surface area contributed by atoms with Crippen LogP contribution in [0.2, 0.25) is 0 Å². The van der Waals surface area contributed by atoms with Gasteiger partial charge in [-0.3, -0.25) is 4.79 Å². The topological polar surface area (TPSA) is 42.0 Å². The number of rotatable bonds is 2. The second kappa shape index (κ2) is 3.98. The van der Waals surface area contributed by atoms with Crippen LogP contribution in [0.1, 0.15) is 25.5 Å². The molecule has 1 N–H and O–H groups in total. The summed E-state index contributed by atoms with van der Waals surface area (Å²) in [5.74, 6) is -0.723. The Morgan fingerprint density at radius 3 is 2.92 bits per heavy atom. The van der Waals surface area contributed by atoms with Crippen LogP contribution in [0.5, 0.6) is 0 Å². The van der Waals surface area contributed by atoms with Gasteiger partial charge in [0.05, 0.1) is 6.04 Å². The first-order valence-electron chi connectivity index (χ1n) is 3.98. The number of halogens is 1. The number of aromatic nitrogens is 1. The average Bonchev–Trinajstić information content (AvgIpc) is 2.03. The molecule has 0 fully saturated rings. The molecule has 0 aromatic carbocycles. The molecule has 1 rings (SSSR count). The van der Waals surface area contributed by atoms with Crippen molar-refractivity contribution in [2.45, 2.75) is 19.9 Å². The van der Waals surface area contributed by atoms with Crippen LogP contribution in [0.25, 0.3) is 0 Å². The van der Waals surface area contributed by atoms with Gasteiger partial charge in [-0.1, -0.05) is 6.07 Å². The molecule has 1 heterocycles. The van der Waals surface area contributed by atoms with Gasteiger partial charge in [0, 0.05) is 18.7 Å². The number of pyridine rings is 1. The van der Waals surface area contributed by atoms with Gasteiger partial charge in [0.2, 0.25) is 11.9 Å². The third-order valence-corrected chi connectivity index (χ3v) is 1.67. The van der Waals surface area contributed by atoms with Crippen molar-refractivity contribution in [2.75, 3.05) is 0 Å². The summed E-state index contributed by atoms with van der Waals surface area (Å²) in [5, 5.41) is 2.58. The maximum absolute atomic E-state index is 13.0. The van der Waals surface area contributed by atoms with E-state index in [0.717, 1.165) is 0 Å². The number of carbonyl (C=O) groups is 1. The highest BCUT2D eigenvalue weighted by Crippen LogP contribution is 2.13. The Labute approximate surface area is 76.0 Å². The lowest BCUT2D eigenvalue weighted by Crippen LogP contribution is -2.24. The predicted molar refractivity (Wildman–Crippen MR) is 46.4 cm³/mol. The smallest absolute Gasteiger partial charge is 0.218 e. The van der Waals surface area contributed by atoms with Gasteiger partial charge in [0.25, 0.3) is 0 Å². The zero-order chi connectivity index (χ0) is 9.84. The molecular weight excluding hydrogens is 171 g/mol. The van der Waals surface area contributed by atoms with Crippen LogP contribution >= 0.6 is 0 Å². The van der Waals surface area contributed by atoms with Gasteiger partial charge in [-0.15, -0.1) is 0 Å². The first-order valence-corrected chi connectivity index (χ1v) is 3.98. The van der Waals surface area contributed by atoms with Crippen molar-refractivity contribution in [2.24, 2.45) is 0 Å². The lowest BCUT2D eigenvalue weighted by Gasteiger charge is -2.12. The number of amides is 1. The van der Waals surface area contributed by atoms with Gasteiger partial charge in [-0.25, -0.2) is 4.98 Å². The lowest BCUT2D eigenvalue weighted by atomic mass is 10.1. The van der Waals surface area contributed by atoms with Crippen molar-refractivity contribution in [1.29, 1.82) is 0 Å². The molecule has 3 nitrogen and oxygen atoms in total. The second-order valence-corrected chi connectivity index (χ2v) is 2.81. The summed E-state index contributed by atoms with van der Waals surface area (Å²) < 4.78 is 13.0. The lowest BCUT2D eigenvalue weighted by molar-refractivity contribution is -0.119. The average molecular weight is 182 g/mol. The predicted octanol–water partition coefficient (Wildman–Crippen LogP) is 1.42. The fraction of sp³-hybridized carbons (Fsp3) is 0.333. The molecule has 1 aromatic heterocycles. The first kappa shape index (κ1) is 9.64. The minimum atomic E-state index is -0.538. The summed E-state index contributed by atoms with van der Waals surface area (Å²) in [7, 11) is 0. The molecular formula is C9H11FN2O. The Hall–Kier alpha value is -1.45. The van der Waals surface area contributed by atoms with E-state index >= 15 is 0 Å². The molecule has 0 saturated heterocycles. The van der Waals surface area contributed by atoms with Crippen molar-refractivity contribution in [3.63, 3.8) is 0 Å². The molecule has 70 valence electrons. The fourth-order valence-electron chi connectivity index (χ4n) is 1.10. The third-order valence-electron chi connectivity index (χ3n) is 1.67. The van der Waals surface area contributed by atoms with Gasteiger partial charge in [0.1, 0.15) is 0 Å². The third kappa shape index (κ3) is 2.50. The molecule has 0 radical (unpaired) electrons. The van der Waals surface area contributed by atoms with E-state index < -0.39 is 5.95 Å². The number of hydrogen-bond donors (Lipinski definition) is 1. The highest BCUT2D eigenvalue weighted by atomic mass is 19.1. The second-order valence-electron chi connectivity index (χ2n) is 2.81. The normalized spacial score (nSPS) is 12.2. The molecule has 0 aliphatic heterocycles. The van der Waals surface area contributed by atoms with Crippen LogP contribution in [0.4, 0.5) is 4.39 Å². The van der Waals surface area contributed by atoms with Crippen LogP contribution in [0.15, 0.2) is 18.3 Å². The Kier molecular flexibility index (Phi) is 2.95. The molecule has 0 bridgehead atoms. The van der Waals surface area contributed by atoms with Gasteiger partial charge in [0.15, 0.2) is 0 Å². The van der Waals surface area contributed by atoms with E-state index in [9.17, 15) is 9.18 Å². The Morgan fingerprint density at radius 1 is 1.69 bits per heavy atom. The minimum absolute atomic E-state index is 0.184. The van der Waals surface area contributed by atoms with E-state index in [0.29, 0.717) is 5.56 Å². The SMILES string of the molecule is CC(=O)NC(C)c1cccnc1F. The summed E-state index contributed by atoms with van der Waals surface area (Å²) in [6.07, 6.45) is 1.37. The molecule has 1 unspecified atom stereocenters. The number of carbonyl (C=O) groups excluding carboxylic acids is 1. The summed E-state index contributed by atoms with van der Waals surface area (Å²) in [4.78, 5) is 14.2. The molecule has 0 aliphatic rings. The zero-order valence-corrected chi connectivity index (χ0v) is 7.54. The van der Waals surface area contributed by atoms with E-state index in [1.807, 2.05) is 0 Å². The standard InChI is InChI=1S/C9H11FN2O/c1-6(12-7(2)13)8-4-3-5-11-9(8)10/h3-6H,1-2H3,(H,12,13). The van der Waals surface area contributed by atoms with Crippen molar-refractivity contribution in [3.8, 4) is 0 Å². The highest BCUT2D eigenvalue weighted by molar-refractivity contribution is 5.73. The largest absolute Gasteiger partial charge is 0.350 e. The van der Waals surface area contributed by atoms with E-state index in [4.69, 9.17) is 0 Å². The number of nitrogens with one attached hydrogen (secondary N) is 1. The molecule has 1 atom stereocenters. The number of nitrogens with zero attached hydrogens (tertiary/aromatic N) is 1. The van der Waals surface area contributed by atoms with Gasteiger partial charge < -0.3 is 5.32 Å². The molecule has 1 aromatic rings. The maximum Gasteiger partial charge on any atom is 0.218 e. The van der Waals surface area contributed by atoms with E-state index in [-0.39, 0.29) is 11.9 Å². The molecule has 13 heavy (non-hydrogen) atoms. The Morgan fingerprint density at radius 2 is 2.38 bits per heavy atom. The van der Waals surface area contributed by atoms with Crippen LogP contribution < -0.4 is 5.32 Å². The molecule has 0 aliphatic carbocycles. The summed E-state index contributed by atoms with van der Waals surface area (Å²) in [5.41, 5.74) is 0.401. The summed E-state index contributed by atoms with van der Waals surface area (Å²) in [6.45, 7) is 3.10. The maximum atomic E-state index is 13.0. The molecule has 4 heteroatoms. The quantitative estimate of drug-likeness (QED) is 0.703. The van der Waals surface area contributed by atoms with E-state index in [1.54, 1.807) is 19.1 Å². The van der Waals surface area contributed by atoms with Crippen LogP contribution in [-0.4, -0.2) is 10.9 Å². The fourth-order valence-corrected chi connectivity index (χ4v) is 1.10. The summed E-state index contributed by atoms with van der Waals surface area (Å²) in [6, 6.07) is 2.89. The van der Waals surface area contributed by atoms with Crippen LogP contribution in [0.3, 0.4) is 0 Å². The monoisotopic (exact) mass is 182 g/mol. The Balaban J connectivity index is 2.82. The zero-order valence-electron chi connectivity index (χ0n) is 7.54. The Bertz CT molecular complexity index is 314. The highest BCUT2D eigenvalue weighted by Gasteiger charge is 2.11. The van der Waals surface area contributed by atoms with Crippen LogP contribution in [0, 0.1) is 5.95 Å². The number of hydrogen-bond acceptors (Lipinski definition) is 2. The first-order chi connectivity index (χ1) is 6.11. The van der Waals surface area contributed by atoms with E-state index in [1.165, 1.54) is 13.1 Å². The van der Waals surface area contributed by atoms with Crippen LogP contribution in [-0.2, 0) is 4.79 Å². The van der Waals surface area contributed by atoms with Gasteiger partial charge in [-0.05, 0) is 13.0 Å². The van der Waals surface area contributed by atoms with Crippen molar-refractivity contribution in [1.82, 2.24) is 10.3 Å². The van der Waals surface area contributed by atoms with Gasteiger partial charge >= 0.3 is 0 Å². The van der Waals surface area contributed by atoms with Crippen molar-refractivity contribution >= 4 is 5.91 Å². The summed E-state index contributed by atoms with van der Waals surface area (Å²) >= 11 is 0. The molecule has 0 saturated carbocycles. The van der Waals surface area contributed by atoms with Gasteiger partial charge in [-0.2, -0.15) is 4.39 Å². The van der Waals surface area contributed by atoms with E-state index in [2.05, 4.69) is 10.3 Å². The molecule has 1 amide bonds.